The van der Waals surface area contributed by atoms with Gasteiger partial charge in [-0.25, -0.2) is 10.2 Å². The lowest BCUT2D eigenvalue weighted by molar-refractivity contribution is -0.145. The van der Waals surface area contributed by atoms with Crippen LogP contribution in [0.1, 0.15) is 35.3 Å². The van der Waals surface area contributed by atoms with Crippen molar-refractivity contribution in [2.75, 3.05) is 19.8 Å². The van der Waals surface area contributed by atoms with E-state index >= 15 is 0 Å². The quantitative estimate of drug-likeness (QED) is 0.366. The average molecular weight is 438 g/mol. The van der Waals surface area contributed by atoms with E-state index in [0.29, 0.717) is 23.7 Å². The van der Waals surface area contributed by atoms with Crippen LogP contribution in [0.2, 0.25) is 0 Å². The third-order valence-corrected chi connectivity index (χ3v) is 3.75. The summed E-state index contributed by atoms with van der Waals surface area (Å²) in [4.78, 5) is 23.5. The summed E-state index contributed by atoms with van der Waals surface area (Å²) >= 11 is 0. The van der Waals surface area contributed by atoms with E-state index in [0.717, 1.165) is 18.2 Å². The number of rotatable bonds is 9. The molecule has 0 radical (unpaired) electrons. The van der Waals surface area contributed by atoms with Gasteiger partial charge in [0.15, 0.2) is 18.1 Å². The van der Waals surface area contributed by atoms with Crippen molar-refractivity contribution < 1.29 is 37.0 Å². The van der Waals surface area contributed by atoms with Crippen LogP contribution in [-0.2, 0) is 15.7 Å². The summed E-state index contributed by atoms with van der Waals surface area (Å²) in [6, 6.07) is 8.75. The molecule has 0 bridgehead atoms. The van der Waals surface area contributed by atoms with Crippen LogP contribution in [0.15, 0.2) is 47.6 Å². The first kappa shape index (κ1) is 23.7. The summed E-state index contributed by atoms with van der Waals surface area (Å²) in [6.07, 6.45) is -3.25. The van der Waals surface area contributed by atoms with Gasteiger partial charge in [-0.3, -0.25) is 4.79 Å². The molecule has 0 heterocycles. The maximum atomic E-state index is 12.8. The number of hydrazone groups is 1. The number of alkyl halides is 3. The molecule has 31 heavy (non-hydrogen) atoms. The lowest BCUT2D eigenvalue weighted by Crippen LogP contribution is -2.18. The molecule has 2 aromatic carbocycles. The van der Waals surface area contributed by atoms with Crippen LogP contribution in [-0.4, -0.2) is 37.9 Å². The van der Waals surface area contributed by atoms with E-state index in [1.165, 1.54) is 12.3 Å². The number of carbonyl (C=O) groups excluding carboxylic acids is 2. The number of hydrogen-bond donors (Lipinski definition) is 1. The summed E-state index contributed by atoms with van der Waals surface area (Å²) in [5, 5.41) is 3.76. The first-order valence-corrected chi connectivity index (χ1v) is 9.30. The molecule has 0 fully saturated rings. The average Bonchev–Trinajstić information content (AvgIpc) is 2.73. The normalized spacial score (nSPS) is 11.3. The van der Waals surface area contributed by atoms with Gasteiger partial charge in [-0.1, -0.05) is 6.07 Å². The minimum Gasteiger partial charge on any atom is -0.490 e. The maximum absolute atomic E-state index is 12.8. The van der Waals surface area contributed by atoms with Crippen molar-refractivity contribution in [3.8, 4) is 11.5 Å². The van der Waals surface area contributed by atoms with Gasteiger partial charge in [0.2, 0.25) is 0 Å². The molecule has 0 spiro atoms. The van der Waals surface area contributed by atoms with E-state index in [4.69, 9.17) is 14.2 Å². The Labute approximate surface area is 176 Å². The zero-order chi connectivity index (χ0) is 22.9. The minimum atomic E-state index is -4.55. The van der Waals surface area contributed by atoms with Gasteiger partial charge in [0.05, 0.1) is 25.0 Å². The molecule has 0 aliphatic carbocycles. The molecule has 7 nitrogen and oxygen atoms in total. The fraction of sp³-hybridized carbons (Fsp3) is 0.286. The highest BCUT2D eigenvalue weighted by Gasteiger charge is 2.30. The fourth-order valence-corrected chi connectivity index (χ4v) is 2.40. The van der Waals surface area contributed by atoms with Gasteiger partial charge in [-0.05, 0) is 55.8 Å². The van der Waals surface area contributed by atoms with Gasteiger partial charge in [-0.2, -0.15) is 18.3 Å². The first-order valence-electron chi connectivity index (χ1n) is 9.30. The fourth-order valence-electron chi connectivity index (χ4n) is 2.40. The van der Waals surface area contributed by atoms with Gasteiger partial charge in [0.25, 0.3) is 5.91 Å². The molecule has 0 aliphatic rings. The lowest BCUT2D eigenvalue weighted by atomic mass is 10.1. The second-order valence-corrected chi connectivity index (χ2v) is 6.01. The second-order valence-electron chi connectivity index (χ2n) is 6.01. The SMILES string of the molecule is CCOC(=O)COc1ccc(/C=N\NC(=O)c2cccc(C(F)(F)F)c2)cc1OCC. The Morgan fingerprint density at radius 2 is 1.81 bits per heavy atom. The third-order valence-electron chi connectivity index (χ3n) is 3.75. The van der Waals surface area contributed by atoms with Crippen molar-refractivity contribution >= 4 is 18.1 Å². The number of carbonyl (C=O) groups is 2. The predicted octanol–water partition coefficient (Wildman–Crippen LogP) is 3.81. The zero-order valence-corrected chi connectivity index (χ0v) is 16.9. The molecule has 0 saturated carbocycles. The Bertz CT molecular complexity index is 945. The van der Waals surface area contributed by atoms with Gasteiger partial charge < -0.3 is 14.2 Å². The van der Waals surface area contributed by atoms with E-state index in [2.05, 4.69) is 10.5 Å². The van der Waals surface area contributed by atoms with Crippen molar-refractivity contribution in [3.05, 3.63) is 59.2 Å². The molecule has 0 aliphatic heterocycles. The number of ether oxygens (including phenoxy) is 3. The molecule has 1 N–H and O–H groups in total. The highest BCUT2D eigenvalue weighted by Crippen LogP contribution is 2.30. The van der Waals surface area contributed by atoms with Crippen molar-refractivity contribution in [2.24, 2.45) is 5.10 Å². The van der Waals surface area contributed by atoms with Gasteiger partial charge in [0, 0.05) is 5.56 Å². The lowest BCUT2D eigenvalue weighted by Gasteiger charge is -2.12. The molecule has 1 amide bonds. The largest absolute Gasteiger partial charge is 0.490 e. The number of nitrogens with one attached hydrogen (secondary N) is 1. The summed E-state index contributed by atoms with van der Waals surface area (Å²) in [6.45, 7) is 3.74. The summed E-state index contributed by atoms with van der Waals surface area (Å²) in [7, 11) is 0. The topological polar surface area (TPSA) is 86.2 Å². The van der Waals surface area contributed by atoms with Crippen molar-refractivity contribution in [3.63, 3.8) is 0 Å². The number of benzene rings is 2. The highest BCUT2D eigenvalue weighted by atomic mass is 19.4. The monoisotopic (exact) mass is 438 g/mol. The van der Waals surface area contributed by atoms with E-state index in [1.54, 1.807) is 32.0 Å². The number of esters is 1. The smallest absolute Gasteiger partial charge is 0.416 e. The van der Waals surface area contributed by atoms with E-state index in [9.17, 15) is 22.8 Å². The standard InChI is InChI=1S/C21H21F3N2O5/c1-3-29-18-10-14(8-9-17(18)31-13-19(27)30-4-2)12-25-26-20(28)15-6-5-7-16(11-15)21(22,23)24/h5-12H,3-4,13H2,1-2H3,(H,26,28)/b25-12-. The Morgan fingerprint density at radius 1 is 1.03 bits per heavy atom. The molecule has 166 valence electrons. The number of amides is 1. The van der Waals surface area contributed by atoms with Crippen LogP contribution in [0, 0.1) is 0 Å². The van der Waals surface area contributed by atoms with Gasteiger partial charge >= 0.3 is 12.1 Å². The van der Waals surface area contributed by atoms with Crippen LogP contribution in [0.4, 0.5) is 13.2 Å². The number of nitrogens with zero attached hydrogens (tertiary/aromatic N) is 1. The van der Waals surface area contributed by atoms with Crippen LogP contribution < -0.4 is 14.9 Å². The Balaban J connectivity index is 2.05. The molecule has 10 heteroatoms. The zero-order valence-electron chi connectivity index (χ0n) is 16.9. The third kappa shape index (κ3) is 7.32. The number of halogens is 3. The minimum absolute atomic E-state index is 0.176. The Hall–Kier alpha value is -3.56. The van der Waals surface area contributed by atoms with E-state index < -0.39 is 23.6 Å². The van der Waals surface area contributed by atoms with Gasteiger partial charge in [0.1, 0.15) is 0 Å². The van der Waals surface area contributed by atoms with Gasteiger partial charge in [-0.15, -0.1) is 0 Å². The highest BCUT2D eigenvalue weighted by molar-refractivity contribution is 5.95. The molecule has 0 unspecified atom stereocenters. The van der Waals surface area contributed by atoms with Crippen molar-refractivity contribution in [1.29, 1.82) is 0 Å². The molecular formula is C21H21F3N2O5. The molecule has 0 saturated heterocycles. The Kier molecular flexibility index (Phi) is 8.42. The van der Waals surface area contributed by atoms with Crippen LogP contribution in [0.3, 0.4) is 0 Å². The molecular weight excluding hydrogens is 417 g/mol. The summed E-state index contributed by atoms with van der Waals surface area (Å²) in [5.74, 6) is -0.644. The second kappa shape index (κ2) is 11.0. The molecule has 0 aromatic heterocycles. The summed E-state index contributed by atoms with van der Waals surface area (Å²) < 4.78 is 54.0. The Morgan fingerprint density at radius 3 is 2.48 bits per heavy atom. The molecule has 2 rings (SSSR count). The first-order chi connectivity index (χ1) is 14.7. The molecule has 2 aromatic rings. The van der Waals surface area contributed by atoms with Crippen molar-refractivity contribution in [2.45, 2.75) is 20.0 Å². The van der Waals surface area contributed by atoms with E-state index in [1.807, 2.05) is 0 Å². The summed E-state index contributed by atoms with van der Waals surface area (Å²) in [5.41, 5.74) is 1.60. The predicted molar refractivity (Wildman–Crippen MR) is 106 cm³/mol. The van der Waals surface area contributed by atoms with Crippen LogP contribution in [0.5, 0.6) is 11.5 Å². The van der Waals surface area contributed by atoms with E-state index in [-0.39, 0.29) is 18.8 Å². The molecule has 0 atom stereocenters. The maximum Gasteiger partial charge on any atom is 0.416 e. The van der Waals surface area contributed by atoms with Crippen LogP contribution >= 0.6 is 0 Å². The van der Waals surface area contributed by atoms with Crippen LogP contribution in [0.25, 0.3) is 0 Å². The van der Waals surface area contributed by atoms with Crippen molar-refractivity contribution in [1.82, 2.24) is 5.43 Å². The number of hydrogen-bond acceptors (Lipinski definition) is 6.